The maximum absolute atomic E-state index is 11.1. The van der Waals surface area contributed by atoms with Gasteiger partial charge in [-0.1, -0.05) is 17.7 Å². The van der Waals surface area contributed by atoms with Crippen molar-refractivity contribution in [3.8, 4) is 0 Å². The Hall–Kier alpha value is -1.02. The highest BCUT2D eigenvalue weighted by Gasteiger charge is 2.23. The van der Waals surface area contributed by atoms with E-state index in [0.29, 0.717) is 12.3 Å². The van der Waals surface area contributed by atoms with E-state index in [9.17, 15) is 4.79 Å². The van der Waals surface area contributed by atoms with Crippen molar-refractivity contribution in [1.29, 1.82) is 0 Å². The first-order valence-electron chi connectivity index (χ1n) is 4.69. The first-order chi connectivity index (χ1) is 6.65. The molecule has 74 valence electrons. The second-order valence-corrected chi connectivity index (χ2v) is 4.20. The van der Waals surface area contributed by atoms with E-state index in [0.717, 1.165) is 22.7 Å². The third kappa shape index (κ3) is 1.90. The molecule has 1 amide bonds. The fourth-order valence-electron chi connectivity index (χ4n) is 1.84. The molecule has 0 aromatic heterocycles. The average molecular weight is 210 g/mol. The number of benzene rings is 1. The second-order valence-electron chi connectivity index (χ2n) is 3.77. The van der Waals surface area contributed by atoms with E-state index < -0.39 is 0 Å². The molecule has 2 nitrogen and oxygen atoms in total. The minimum Gasteiger partial charge on any atom is -0.355 e. The molecule has 0 saturated carbocycles. The van der Waals surface area contributed by atoms with Crippen molar-refractivity contribution in [2.45, 2.75) is 19.3 Å². The number of nitrogens with one attached hydrogen (secondary N) is 1. The summed E-state index contributed by atoms with van der Waals surface area (Å²) in [5.41, 5.74) is 2.31. The van der Waals surface area contributed by atoms with Crippen LogP contribution in [-0.4, -0.2) is 12.5 Å². The van der Waals surface area contributed by atoms with Crippen LogP contribution in [0.1, 0.15) is 23.5 Å². The zero-order valence-corrected chi connectivity index (χ0v) is 8.77. The highest BCUT2D eigenvalue weighted by atomic mass is 35.5. The molecular formula is C11H12ClNO. The smallest absolute Gasteiger partial charge is 0.220 e. The van der Waals surface area contributed by atoms with Crippen LogP contribution in [0.25, 0.3) is 0 Å². The fraction of sp³-hybridized carbons (Fsp3) is 0.364. The van der Waals surface area contributed by atoms with E-state index in [2.05, 4.69) is 11.4 Å². The Morgan fingerprint density at radius 1 is 1.43 bits per heavy atom. The van der Waals surface area contributed by atoms with Gasteiger partial charge in [0.2, 0.25) is 5.91 Å². The molecule has 0 radical (unpaired) electrons. The summed E-state index contributed by atoms with van der Waals surface area (Å²) in [5.74, 6) is 0.424. The Morgan fingerprint density at radius 2 is 2.21 bits per heavy atom. The summed E-state index contributed by atoms with van der Waals surface area (Å²) in [6.07, 6.45) is 0.583. The Kier molecular flexibility index (Phi) is 2.46. The number of aryl methyl sites for hydroxylation is 1. The first-order valence-corrected chi connectivity index (χ1v) is 5.07. The maximum atomic E-state index is 11.1. The van der Waals surface area contributed by atoms with E-state index in [-0.39, 0.29) is 5.91 Å². The van der Waals surface area contributed by atoms with Crippen molar-refractivity contribution >= 4 is 17.5 Å². The highest BCUT2D eigenvalue weighted by molar-refractivity contribution is 6.30. The second kappa shape index (κ2) is 3.62. The molecule has 1 saturated heterocycles. The summed E-state index contributed by atoms with van der Waals surface area (Å²) in [6.45, 7) is 2.75. The zero-order chi connectivity index (χ0) is 10.1. The van der Waals surface area contributed by atoms with Gasteiger partial charge in [0, 0.05) is 23.9 Å². The Morgan fingerprint density at radius 3 is 2.79 bits per heavy atom. The van der Waals surface area contributed by atoms with Crippen LogP contribution in [0, 0.1) is 6.92 Å². The van der Waals surface area contributed by atoms with Crippen molar-refractivity contribution < 1.29 is 4.79 Å². The van der Waals surface area contributed by atoms with Crippen molar-refractivity contribution in [3.05, 3.63) is 34.3 Å². The highest BCUT2D eigenvalue weighted by Crippen LogP contribution is 2.26. The van der Waals surface area contributed by atoms with Crippen LogP contribution in [0.15, 0.2) is 18.2 Å². The molecule has 1 heterocycles. The summed E-state index contributed by atoms with van der Waals surface area (Å²) >= 11 is 5.96. The molecule has 1 unspecified atom stereocenters. The lowest BCUT2D eigenvalue weighted by Gasteiger charge is -2.09. The average Bonchev–Trinajstić information content (AvgIpc) is 2.50. The Labute approximate surface area is 88.3 Å². The van der Waals surface area contributed by atoms with Crippen molar-refractivity contribution in [1.82, 2.24) is 5.32 Å². The number of carbonyl (C=O) groups excluding carboxylic acids is 1. The third-order valence-corrected chi connectivity index (χ3v) is 2.73. The molecule has 0 aliphatic carbocycles. The molecule has 2 rings (SSSR count). The van der Waals surface area contributed by atoms with Crippen LogP contribution in [0.3, 0.4) is 0 Å². The number of carbonyl (C=O) groups is 1. The van der Waals surface area contributed by atoms with Gasteiger partial charge in [-0.3, -0.25) is 4.79 Å². The molecule has 1 N–H and O–H groups in total. The van der Waals surface area contributed by atoms with Gasteiger partial charge >= 0.3 is 0 Å². The number of hydrogen-bond donors (Lipinski definition) is 1. The molecule has 3 heteroatoms. The van der Waals surface area contributed by atoms with Gasteiger partial charge in [-0.25, -0.2) is 0 Å². The fourth-order valence-corrected chi connectivity index (χ4v) is 2.14. The quantitative estimate of drug-likeness (QED) is 0.755. The molecule has 1 aromatic carbocycles. The normalized spacial score (nSPS) is 21.0. The maximum Gasteiger partial charge on any atom is 0.220 e. The molecule has 1 aromatic rings. The van der Waals surface area contributed by atoms with Crippen LogP contribution in [-0.2, 0) is 4.79 Å². The van der Waals surface area contributed by atoms with Gasteiger partial charge in [0.15, 0.2) is 0 Å². The standard InChI is InChI=1S/C11H12ClNO/c1-7-2-8(4-10(12)3-7)9-5-11(14)13-6-9/h2-4,9H,5-6H2,1H3,(H,13,14). The Balaban J connectivity index is 2.27. The summed E-state index contributed by atoms with van der Waals surface area (Å²) in [6, 6.07) is 5.96. The predicted octanol–water partition coefficient (Wildman–Crippen LogP) is 2.25. The minimum absolute atomic E-state index is 0.132. The lowest BCUT2D eigenvalue weighted by molar-refractivity contribution is -0.119. The number of rotatable bonds is 1. The topological polar surface area (TPSA) is 29.1 Å². The van der Waals surface area contributed by atoms with Gasteiger partial charge in [-0.15, -0.1) is 0 Å². The summed E-state index contributed by atoms with van der Waals surface area (Å²) in [5, 5.41) is 3.57. The van der Waals surface area contributed by atoms with Crippen molar-refractivity contribution in [2.75, 3.05) is 6.54 Å². The Bertz CT molecular complexity index is 355. The van der Waals surface area contributed by atoms with Crippen LogP contribution < -0.4 is 5.32 Å². The van der Waals surface area contributed by atoms with Gasteiger partial charge in [-0.05, 0) is 30.2 Å². The molecule has 14 heavy (non-hydrogen) atoms. The van der Waals surface area contributed by atoms with Crippen LogP contribution >= 0.6 is 11.6 Å². The van der Waals surface area contributed by atoms with Crippen LogP contribution in [0.2, 0.25) is 5.02 Å². The SMILES string of the molecule is Cc1cc(Cl)cc(C2CNC(=O)C2)c1. The van der Waals surface area contributed by atoms with Gasteiger partial charge in [0.1, 0.15) is 0 Å². The van der Waals surface area contributed by atoms with E-state index in [1.807, 2.05) is 19.1 Å². The number of hydrogen-bond acceptors (Lipinski definition) is 1. The third-order valence-electron chi connectivity index (χ3n) is 2.51. The minimum atomic E-state index is 0.132. The molecule has 1 aliphatic rings. The predicted molar refractivity (Wildman–Crippen MR) is 56.6 cm³/mol. The monoisotopic (exact) mass is 209 g/mol. The van der Waals surface area contributed by atoms with E-state index in [4.69, 9.17) is 11.6 Å². The summed E-state index contributed by atoms with van der Waals surface area (Å²) < 4.78 is 0. The number of amides is 1. The summed E-state index contributed by atoms with van der Waals surface area (Å²) in [4.78, 5) is 11.1. The van der Waals surface area contributed by atoms with Crippen LogP contribution in [0.5, 0.6) is 0 Å². The van der Waals surface area contributed by atoms with E-state index in [1.54, 1.807) is 0 Å². The van der Waals surface area contributed by atoms with Gasteiger partial charge in [0.05, 0.1) is 0 Å². The molecule has 0 spiro atoms. The number of halogens is 1. The van der Waals surface area contributed by atoms with Gasteiger partial charge in [-0.2, -0.15) is 0 Å². The summed E-state index contributed by atoms with van der Waals surface area (Å²) in [7, 11) is 0. The van der Waals surface area contributed by atoms with Gasteiger partial charge in [0.25, 0.3) is 0 Å². The molecule has 1 atom stereocenters. The molecule has 1 aliphatic heterocycles. The van der Waals surface area contributed by atoms with E-state index >= 15 is 0 Å². The molecule has 1 fully saturated rings. The first kappa shape index (κ1) is 9.53. The van der Waals surface area contributed by atoms with Crippen molar-refractivity contribution in [2.24, 2.45) is 0 Å². The largest absolute Gasteiger partial charge is 0.355 e. The lowest BCUT2D eigenvalue weighted by Crippen LogP contribution is -2.13. The van der Waals surface area contributed by atoms with Crippen molar-refractivity contribution in [3.63, 3.8) is 0 Å². The van der Waals surface area contributed by atoms with Crippen LogP contribution in [0.4, 0.5) is 0 Å². The molecular weight excluding hydrogens is 198 g/mol. The lowest BCUT2D eigenvalue weighted by atomic mass is 9.97. The zero-order valence-electron chi connectivity index (χ0n) is 8.01. The molecule has 0 bridgehead atoms. The van der Waals surface area contributed by atoms with Gasteiger partial charge < -0.3 is 5.32 Å². The van der Waals surface area contributed by atoms with E-state index in [1.165, 1.54) is 0 Å².